The van der Waals surface area contributed by atoms with E-state index >= 15 is 0 Å². The normalized spacial score (nSPS) is 28.4. The molecule has 0 saturated heterocycles. The standard InChI is InChI=1S/C13H27NO4Si/c1-13(2,3)19(4,5)18-8-9-6-10(7-11(9)15)14-12(16)17/h9-11,14-15H,6-8H2,1-5H3,(H,16,17)/t9-,10-,11+/m1/s1. The van der Waals surface area contributed by atoms with Crippen molar-refractivity contribution in [1.29, 1.82) is 0 Å². The lowest BCUT2D eigenvalue weighted by Crippen LogP contribution is -2.42. The van der Waals surface area contributed by atoms with Gasteiger partial charge in [0.15, 0.2) is 8.32 Å². The lowest BCUT2D eigenvalue weighted by molar-refractivity contribution is 0.0937. The molecule has 3 N–H and O–H groups in total. The van der Waals surface area contributed by atoms with E-state index in [2.05, 4.69) is 39.2 Å². The molecule has 0 aromatic carbocycles. The smallest absolute Gasteiger partial charge is 0.404 e. The van der Waals surface area contributed by atoms with Crippen LogP contribution in [0.25, 0.3) is 0 Å². The highest BCUT2D eigenvalue weighted by molar-refractivity contribution is 6.74. The third-order valence-electron chi connectivity index (χ3n) is 4.45. The second kappa shape index (κ2) is 5.81. The van der Waals surface area contributed by atoms with Crippen LogP contribution in [0.5, 0.6) is 0 Å². The Morgan fingerprint density at radius 3 is 2.42 bits per heavy atom. The maximum atomic E-state index is 10.6. The Morgan fingerprint density at radius 2 is 1.95 bits per heavy atom. The van der Waals surface area contributed by atoms with E-state index in [0.717, 1.165) is 0 Å². The summed E-state index contributed by atoms with van der Waals surface area (Å²) < 4.78 is 6.11. The average Bonchev–Trinajstić information content (AvgIpc) is 2.53. The fourth-order valence-corrected chi connectivity index (χ4v) is 3.17. The molecule has 1 fully saturated rings. The molecular formula is C13H27NO4Si. The lowest BCUT2D eigenvalue weighted by Gasteiger charge is -2.37. The SMILES string of the molecule is CC(C)(C)[Si](C)(C)OC[C@H]1C[C@@H](NC(=O)O)C[C@@H]1O. The van der Waals surface area contributed by atoms with Crippen LogP contribution >= 0.6 is 0 Å². The van der Waals surface area contributed by atoms with Crippen molar-refractivity contribution in [3.8, 4) is 0 Å². The van der Waals surface area contributed by atoms with Crippen LogP contribution in [0.2, 0.25) is 18.1 Å². The topological polar surface area (TPSA) is 78.8 Å². The molecule has 1 rings (SSSR count). The van der Waals surface area contributed by atoms with E-state index in [1.54, 1.807) is 0 Å². The van der Waals surface area contributed by atoms with Crippen LogP contribution in [0.1, 0.15) is 33.6 Å². The molecule has 0 spiro atoms. The number of nitrogens with one attached hydrogen (secondary N) is 1. The van der Waals surface area contributed by atoms with Crippen molar-refractivity contribution in [2.45, 2.75) is 63.9 Å². The van der Waals surface area contributed by atoms with Gasteiger partial charge in [-0.25, -0.2) is 4.79 Å². The summed E-state index contributed by atoms with van der Waals surface area (Å²) in [7, 11) is -1.80. The summed E-state index contributed by atoms with van der Waals surface area (Å²) in [5.41, 5.74) is 0. The Bertz CT molecular complexity index is 327. The predicted octanol–water partition coefficient (Wildman–Crippen LogP) is 2.42. The molecule has 3 atom stereocenters. The number of carbonyl (C=O) groups is 1. The fourth-order valence-electron chi connectivity index (χ4n) is 2.11. The van der Waals surface area contributed by atoms with Crippen molar-refractivity contribution in [1.82, 2.24) is 5.32 Å². The molecule has 1 aliphatic carbocycles. The Kier molecular flexibility index (Phi) is 5.03. The predicted molar refractivity (Wildman–Crippen MR) is 76.8 cm³/mol. The molecule has 1 saturated carbocycles. The lowest BCUT2D eigenvalue weighted by atomic mass is 10.1. The molecule has 6 heteroatoms. The molecular weight excluding hydrogens is 262 g/mol. The van der Waals surface area contributed by atoms with Crippen molar-refractivity contribution in [2.24, 2.45) is 5.92 Å². The minimum absolute atomic E-state index is 0.0333. The zero-order chi connectivity index (χ0) is 14.8. The molecule has 1 amide bonds. The first-order valence-electron chi connectivity index (χ1n) is 6.84. The first-order chi connectivity index (χ1) is 8.53. The van der Waals surface area contributed by atoms with E-state index in [0.29, 0.717) is 19.4 Å². The van der Waals surface area contributed by atoms with Crippen LogP contribution in [-0.2, 0) is 4.43 Å². The van der Waals surface area contributed by atoms with E-state index in [1.807, 2.05) is 0 Å². The van der Waals surface area contributed by atoms with E-state index in [-0.39, 0.29) is 17.0 Å². The van der Waals surface area contributed by atoms with Crippen molar-refractivity contribution in [3.63, 3.8) is 0 Å². The fraction of sp³-hybridized carbons (Fsp3) is 0.923. The van der Waals surface area contributed by atoms with Gasteiger partial charge < -0.3 is 20.0 Å². The summed E-state index contributed by atoms with van der Waals surface area (Å²) >= 11 is 0. The monoisotopic (exact) mass is 289 g/mol. The molecule has 0 aromatic heterocycles. The van der Waals surface area contributed by atoms with Crippen LogP contribution < -0.4 is 5.32 Å². The van der Waals surface area contributed by atoms with E-state index < -0.39 is 20.5 Å². The molecule has 0 heterocycles. The van der Waals surface area contributed by atoms with Crippen molar-refractivity contribution in [3.05, 3.63) is 0 Å². The number of aliphatic hydroxyl groups excluding tert-OH is 1. The number of hydrogen-bond donors (Lipinski definition) is 3. The summed E-state index contributed by atoms with van der Waals surface area (Å²) in [4.78, 5) is 10.6. The zero-order valence-corrected chi connectivity index (χ0v) is 13.6. The summed E-state index contributed by atoms with van der Waals surface area (Å²) in [6.07, 6.45) is -0.357. The van der Waals surface area contributed by atoms with Gasteiger partial charge in [-0.3, -0.25) is 0 Å². The zero-order valence-electron chi connectivity index (χ0n) is 12.6. The highest BCUT2D eigenvalue weighted by Crippen LogP contribution is 2.38. The van der Waals surface area contributed by atoms with Gasteiger partial charge in [-0.05, 0) is 31.0 Å². The Labute approximate surface area is 116 Å². The van der Waals surface area contributed by atoms with Gasteiger partial charge >= 0.3 is 6.09 Å². The maximum absolute atomic E-state index is 10.6. The molecule has 0 aliphatic heterocycles. The maximum Gasteiger partial charge on any atom is 0.404 e. The summed E-state index contributed by atoms with van der Waals surface area (Å²) in [6, 6.07) is -0.152. The van der Waals surface area contributed by atoms with Crippen LogP contribution in [0.3, 0.4) is 0 Å². The molecule has 0 bridgehead atoms. The molecule has 112 valence electrons. The average molecular weight is 289 g/mol. The Hall–Kier alpha value is -0.593. The Balaban J connectivity index is 2.48. The minimum Gasteiger partial charge on any atom is -0.465 e. The quantitative estimate of drug-likeness (QED) is 0.694. The van der Waals surface area contributed by atoms with E-state index in [9.17, 15) is 9.90 Å². The van der Waals surface area contributed by atoms with Gasteiger partial charge in [0.25, 0.3) is 0 Å². The van der Waals surface area contributed by atoms with E-state index in [1.165, 1.54) is 0 Å². The van der Waals surface area contributed by atoms with Gasteiger partial charge in [0.05, 0.1) is 6.10 Å². The minimum atomic E-state index is -1.80. The Morgan fingerprint density at radius 1 is 1.37 bits per heavy atom. The van der Waals surface area contributed by atoms with E-state index in [4.69, 9.17) is 9.53 Å². The first kappa shape index (κ1) is 16.5. The molecule has 1 aliphatic rings. The number of carboxylic acid groups (broad SMARTS) is 1. The number of rotatable bonds is 4. The highest BCUT2D eigenvalue weighted by atomic mass is 28.4. The molecule has 5 nitrogen and oxygen atoms in total. The molecule has 0 unspecified atom stereocenters. The van der Waals surface area contributed by atoms with Gasteiger partial charge in [0.1, 0.15) is 0 Å². The number of amides is 1. The summed E-state index contributed by atoms with van der Waals surface area (Å²) in [5, 5.41) is 21.3. The van der Waals surface area contributed by atoms with Crippen molar-refractivity contribution < 1.29 is 19.4 Å². The third kappa shape index (κ3) is 4.47. The third-order valence-corrected chi connectivity index (χ3v) is 8.95. The van der Waals surface area contributed by atoms with Gasteiger partial charge in [0.2, 0.25) is 0 Å². The van der Waals surface area contributed by atoms with Crippen LogP contribution in [0.4, 0.5) is 4.79 Å². The van der Waals surface area contributed by atoms with Crippen LogP contribution in [0, 0.1) is 5.92 Å². The first-order valence-corrected chi connectivity index (χ1v) is 9.75. The largest absolute Gasteiger partial charge is 0.465 e. The number of hydrogen-bond acceptors (Lipinski definition) is 3. The van der Waals surface area contributed by atoms with Gasteiger partial charge in [-0.1, -0.05) is 20.8 Å². The highest BCUT2D eigenvalue weighted by Gasteiger charge is 2.40. The summed E-state index contributed by atoms with van der Waals surface area (Å²) in [6.45, 7) is 11.4. The van der Waals surface area contributed by atoms with Crippen molar-refractivity contribution in [2.75, 3.05) is 6.61 Å². The second-order valence-corrected chi connectivity index (χ2v) is 11.8. The van der Waals surface area contributed by atoms with Gasteiger partial charge in [-0.2, -0.15) is 0 Å². The van der Waals surface area contributed by atoms with Crippen molar-refractivity contribution >= 4 is 14.4 Å². The van der Waals surface area contributed by atoms with Gasteiger partial charge in [-0.15, -0.1) is 0 Å². The molecule has 19 heavy (non-hydrogen) atoms. The number of aliphatic hydroxyl groups is 1. The molecule has 0 radical (unpaired) electrons. The summed E-state index contributed by atoms with van der Waals surface area (Å²) in [5.74, 6) is 0.0333. The molecule has 0 aromatic rings. The van der Waals surface area contributed by atoms with Crippen LogP contribution in [0.15, 0.2) is 0 Å². The van der Waals surface area contributed by atoms with Gasteiger partial charge in [0, 0.05) is 18.6 Å². The second-order valence-electron chi connectivity index (χ2n) is 7.02. The van der Waals surface area contributed by atoms with Crippen LogP contribution in [-0.4, -0.2) is 43.4 Å².